The van der Waals surface area contributed by atoms with E-state index in [0.717, 1.165) is 9.87 Å². The molecule has 1 atom stereocenters. The second kappa shape index (κ2) is 9.02. The zero-order valence-electron chi connectivity index (χ0n) is 16.4. The third-order valence-electron chi connectivity index (χ3n) is 4.28. The molecule has 29 heavy (non-hydrogen) atoms. The summed E-state index contributed by atoms with van der Waals surface area (Å²) in [7, 11) is -0.588. The Morgan fingerprint density at radius 1 is 1.21 bits per heavy atom. The summed E-state index contributed by atoms with van der Waals surface area (Å²) >= 11 is 1.24. The molecule has 156 valence electrons. The summed E-state index contributed by atoms with van der Waals surface area (Å²) in [5.74, 6) is 1.41. The molecule has 1 aliphatic heterocycles. The standard InChI is InChI=1S/C19H23N3O5S2/c1-13(14-4-6-16-17(10-14)27-9-8-26-16)21-18(23)12-28-19-7-5-15(11-20-19)29(24,25)22(2)3/h4-7,10-11,13H,8-9,12H2,1-3H3,(H,21,23). The van der Waals surface area contributed by atoms with Crippen LogP contribution in [-0.2, 0) is 14.8 Å². The number of thioether (sulfide) groups is 1. The van der Waals surface area contributed by atoms with Crippen molar-refractivity contribution < 1.29 is 22.7 Å². The Morgan fingerprint density at radius 2 is 1.93 bits per heavy atom. The Morgan fingerprint density at radius 3 is 2.59 bits per heavy atom. The molecule has 1 amide bonds. The molecule has 3 rings (SSSR count). The first-order valence-electron chi connectivity index (χ1n) is 8.97. The van der Waals surface area contributed by atoms with Gasteiger partial charge < -0.3 is 14.8 Å². The van der Waals surface area contributed by atoms with Gasteiger partial charge in [-0.3, -0.25) is 4.79 Å². The molecule has 0 fully saturated rings. The number of pyridine rings is 1. The molecule has 0 spiro atoms. The lowest BCUT2D eigenvalue weighted by atomic mass is 10.1. The number of ether oxygens (including phenoxy) is 2. The highest BCUT2D eigenvalue weighted by Crippen LogP contribution is 2.32. The topological polar surface area (TPSA) is 97.8 Å². The minimum atomic E-state index is -3.52. The predicted octanol–water partition coefficient (Wildman–Crippen LogP) is 2.07. The van der Waals surface area contributed by atoms with Crippen molar-refractivity contribution in [3.63, 3.8) is 0 Å². The van der Waals surface area contributed by atoms with Gasteiger partial charge in [-0.15, -0.1) is 0 Å². The lowest BCUT2D eigenvalue weighted by molar-refractivity contribution is -0.119. The Kier molecular flexibility index (Phi) is 6.66. The first-order valence-corrected chi connectivity index (χ1v) is 11.4. The van der Waals surface area contributed by atoms with Crippen LogP contribution in [0.4, 0.5) is 0 Å². The van der Waals surface area contributed by atoms with Crippen molar-refractivity contribution in [3.8, 4) is 11.5 Å². The molecule has 0 saturated heterocycles. The maximum absolute atomic E-state index is 12.3. The molecular formula is C19H23N3O5S2. The van der Waals surface area contributed by atoms with Gasteiger partial charge in [0.2, 0.25) is 15.9 Å². The van der Waals surface area contributed by atoms with Crippen molar-refractivity contribution >= 4 is 27.7 Å². The number of hydrogen-bond donors (Lipinski definition) is 1. The van der Waals surface area contributed by atoms with E-state index in [1.807, 2.05) is 25.1 Å². The fourth-order valence-corrected chi connectivity index (χ4v) is 4.15. The second-order valence-electron chi connectivity index (χ2n) is 6.60. The van der Waals surface area contributed by atoms with Crippen molar-refractivity contribution in [2.24, 2.45) is 0 Å². The maximum Gasteiger partial charge on any atom is 0.244 e. The van der Waals surface area contributed by atoms with Crippen LogP contribution >= 0.6 is 11.8 Å². The van der Waals surface area contributed by atoms with Gasteiger partial charge in [0.25, 0.3) is 0 Å². The smallest absolute Gasteiger partial charge is 0.244 e. The minimum Gasteiger partial charge on any atom is -0.486 e. The molecule has 1 N–H and O–H groups in total. The van der Waals surface area contributed by atoms with E-state index in [9.17, 15) is 13.2 Å². The summed E-state index contributed by atoms with van der Waals surface area (Å²) in [6, 6.07) is 8.50. The maximum atomic E-state index is 12.3. The summed E-state index contributed by atoms with van der Waals surface area (Å²) < 4.78 is 36.3. The van der Waals surface area contributed by atoms with E-state index in [2.05, 4.69) is 10.3 Å². The Balaban J connectivity index is 1.54. The molecule has 8 nitrogen and oxygen atoms in total. The van der Waals surface area contributed by atoms with Gasteiger partial charge in [0, 0.05) is 20.3 Å². The van der Waals surface area contributed by atoms with Crippen molar-refractivity contribution in [1.82, 2.24) is 14.6 Å². The number of amides is 1. The van der Waals surface area contributed by atoms with Crippen LogP contribution in [0.3, 0.4) is 0 Å². The molecule has 2 heterocycles. The third kappa shape index (κ3) is 5.20. The summed E-state index contributed by atoms with van der Waals surface area (Å²) in [5, 5.41) is 3.51. The molecule has 1 aromatic carbocycles. The number of fused-ring (bicyclic) bond motifs is 1. The van der Waals surface area contributed by atoms with Crippen LogP contribution in [0.15, 0.2) is 46.5 Å². The summed E-state index contributed by atoms with van der Waals surface area (Å²) in [6.07, 6.45) is 1.30. The highest BCUT2D eigenvalue weighted by atomic mass is 32.2. The number of nitrogens with one attached hydrogen (secondary N) is 1. The van der Waals surface area contributed by atoms with Crippen molar-refractivity contribution in [1.29, 1.82) is 0 Å². The minimum absolute atomic E-state index is 0.114. The van der Waals surface area contributed by atoms with E-state index < -0.39 is 10.0 Å². The van der Waals surface area contributed by atoms with Gasteiger partial charge in [-0.1, -0.05) is 17.8 Å². The lowest BCUT2D eigenvalue weighted by Crippen LogP contribution is -2.28. The monoisotopic (exact) mass is 437 g/mol. The molecule has 10 heteroatoms. The highest BCUT2D eigenvalue weighted by Gasteiger charge is 2.18. The van der Waals surface area contributed by atoms with Crippen molar-refractivity contribution in [2.45, 2.75) is 22.9 Å². The van der Waals surface area contributed by atoms with Gasteiger partial charge in [0.05, 0.1) is 16.8 Å². The molecule has 2 aromatic rings. The molecule has 1 aliphatic rings. The van der Waals surface area contributed by atoms with Gasteiger partial charge in [0.15, 0.2) is 11.5 Å². The second-order valence-corrected chi connectivity index (χ2v) is 9.75. The van der Waals surface area contributed by atoms with E-state index in [4.69, 9.17) is 9.47 Å². The molecule has 1 unspecified atom stereocenters. The fraction of sp³-hybridized carbons (Fsp3) is 0.368. The van der Waals surface area contributed by atoms with Gasteiger partial charge in [-0.05, 0) is 36.8 Å². The average Bonchev–Trinajstić information content (AvgIpc) is 2.72. The van der Waals surface area contributed by atoms with E-state index in [1.165, 1.54) is 38.1 Å². The van der Waals surface area contributed by atoms with Crippen LogP contribution in [0.5, 0.6) is 11.5 Å². The van der Waals surface area contributed by atoms with E-state index in [1.54, 1.807) is 6.07 Å². The van der Waals surface area contributed by atoms with Crippen LogP contribution in [0.2, 0.25) is 0 Å². The van der Waals surface area contributed by atoms with Gasteiger partial charge in [-0.25, -0.2) is 17.7 Å². The fourth-order valence-electron chi connectivity index (χ4n) is 2.65. The number of carbonyl (C=O) groups is 1. The number of aromatic nitrogens is 1. The van der Waals surface area contributed by atoms with Crippen LogP contribution in [0, 0.1) is 0 Å². The zero-order chi connectivity index (χ0) is 21.0. The Labute approximate surface area is 174 Å². The Hall–Kier alpha value is -2.30. The van der Waals surface area contributed by atoms with E-state index in [-0.39, 0.29) is 22.6 Å². The SMILES string of the molecule is CC(NC(=O)CSc1ccc(S(=O)(=O)N(C)C)cn1)c1ccc2c(c1)OCCO2. The number of carbonyl (C=O) groups excluding carboxylic acids is 1. The van der Waals surface area contributed by atoms with E-state index in [0.29, 0.717) is 29.7 Å². The Bertz CT molecular complexity index is 978. The molecule has 0 bridgehead atoms. The number of sulfonamides is 1. The zero-order valence-corrected chi connectivity index (χ0v) is 18.0. The van der Waals surface area contributed by atoms with Crippen molar-refractivity contribution in [3.05, 3.63) is 42.1 Å². The van der Waals surface area contributed by atoms with Gasteiger partial charge >= 0.3 is 0 Å². The predicted molar refractivity (Wildman–Crippen MR) is 110 cm³/mol. The molecule has 0 radical (unpaired) electrons. The normalized spacial score (nSPS) is 14.5. The third-order valence-corrected chi connectivity index (χ3v) is 7.03. The number of hydrogen-bond acceptors (Lipinski definition) is 7. The number of benzene rings is 1. The average molecular weight is 438 g/mol. The summed E-state index contributed by atoms with van der Waals surface area (Å²) in [6.45, 7) is 2.94. The lowest BCUT2D eigenvalue weighted by Gasteiger charge is -2.21. The quantitative estimate of drug-likeness (QED) is 0.662. The highest BCUT2D eigenvalue weighted by molar-refractivity contribution is 7.99. The molecule has 0 aliphatic carbocycles. The van der Waals surface area contributed by atoms with Crippen LogP contribution < -0.4 is 14.8 Å². The van der Waals surface area contributed by atoms with Crippen molar-refractivity contribution in [2.75, 3.05) is 33.1 Å². The summed E-state index contributed by atoms with van der Waals surface area (Å²) in [4.78, 5) is 16.5. The van der Waals surface area contributed by atoms with Crippen LogP contribution in [0.1, 0.15) is 18.5 Å². The first-order chi connectivity index (χ1) is 13.8. The molecule has 1 aromatic heterocycles. The largest absolute Gasteiger partial charge is 0.486 e. The van der Waals surface area contributed by atoms with Gasteiger partial charge in [-0.2, -0.15) is 0 Å². The molecule has 0 saturated carbocycles. The number of rotatable bonds is 7. The first kappa shape index (κ1) is 21.4. The summed E-state index contributed by atoms with van der Waals surface area (Å²) in [5.41, 5.74) is 0.920. The van der Waals surface area contributed by atoms with Gasteiger partial charge in [0.1, 0.15) is 18.1 Å². The van der Waals surface area contributed by atoms with Crippen LogP contribution in [-0.4, -0.2) is 56.7 Å². The van der Waals surface area contributed by atoms with E-state index >= 15 is 0 Å². The molecular weight excluding hydrogens is 414 g/mol. The number of nitrogens with zero attached hydrogens (tertiary/aromatic N) is 2. The van der Waals surface area contributed by atoms with Crippen LogP contribution in [0.25, 0.3) is 0 Å².